The fraction of sp³-hybridized carbons (Fsp3) is 0.158. The van der Waals surface area contributed by atoms with Crippen LogP contribution in [0.4, 0.5) is 4.39 Å². The van der Waals surface area contributed by atoms with E-state index in [0.29, 0.717) is 10.4 Å². The van der Waals surface area contributed by atoms with E-state index in [9.17, 15) is 9.18 Å². The van der Waals surface area contributed by atoms with Crippen molar-refractivity contribution < 1.29 is 13.9 Å². The van der Waals surface area contributed by atoms with E-state index < -0.39 is 5.82 Å². The quantitative estimate of drug-likeness (QED) is 0.735. The van der Waals surface area contributed by atoms with Crippen LogP contribution < -0.4 is 10.1 Å². The normalized spacial score (nSPS) is 11.8. The Kier molecular flexibility index (Phi) is 5.09. The molecule has 1 N–H and O–H groups in total. The van der Waals surface area contributed by atoms with Gasteiger partial charge in [-0.3, -0.25) is 4.79 Å². The average Bonchev–Trinajstić information content (AvgIpc) is 3.12. The van der Waals surface area contributed by atoms with Gasteiger partial charge in [0.2, 0.25) is 0 Å². The number of rotatable bonds is 5. The van der Waals surface area contributed by atoms with Gasteiger partial charge < -0.3 is 10.1 Å². The molecule has 0 spiro atoms. The highest BCUT2D eigenvalue weighted by molar-refractivity contribution is 7.16. The first-order valence-corrected chi connectivity index (χ1v) is 8.55. The third-order valence-corrected chi connectivity index (χ3v) is 4.82. The second-order valence-corrected chi connectivity index (χ2v) is 6.52. The van der Waals surface area contributed by atoms with Crippen LogP contribution in [-0.2, 0) is 0 Å². The predicted molar refractivity (Wildman–Crippen MR) is 96.4 cm³/mol. The molecular formula is C19H17FN2O2S. The van der Waals surface area contributed by atoms with E-state index in [-0.39, 0.29) is 17.7 Å². The molecule has 1 unspecified atom stereocenters. The molecule has 1 aromatic heterocycles. The Morgan fingerprint density at radius 1 is 1.24 bits per heavy atom. The highest BCUT2D eigenvalue weighted by atomic mass is 32.1. The SMILES string of the molecule is COc1ccc(C(C)NC(=O)c2cnc(-c3ccccc3)s2)cc1F. The lowest BCUT2D eigenvalue weighted by molar-refractivity contribution is 0.0943. The van der Waals surface area contributed by atoms with Crippen molar-refractivity contribution in [2.45, 2.75) is 13.0 Å². The third-order valence-electron chi connectivity index (χ3n) is 3.77. The second kappa shape index (κ2) is 7.44. The van der Waals surface area contributed by atoms with Crippen LogP contribution in [0.2, 0.25) is 0 Å². The fourth-order valence-electron chi connectivity index (χ4n) is 2.40. The summed E-state index contributed by atoms with van der Waals surface area (Å²) in [4.78, 5) is 17.2. The first-order chi connectivity index (χ1) is 12.1. The Morgan fingerprint density at radius 2 is 2.00 bits per heavy atom. The lowest BCUT2D eigenvalue weighted by Gasteiger charge is -2.14. The number of thiazole rings is 1. The Balaban J connectivity index is 1.72. The molecule has 4 nitrogen and oxygen atoms in total. The fourth-order valence-corrected chi connectivity index (χ4v) is 3.22. The summed E-state index contributed by atoms with van der Waals surface area (Å²) in [6, 6.07) is 14.0. The van der Waals surface area contributed by atoms with E-state index in [1.54, 1.807) is 25.3 Å². The number of hydrogen-bond acceptors (Lipinski definition) is 4. The Bertz CT molecular complexity index is 880. The number of benzene rings is 2. The highest BCUT2D eigenvalue weighted by Crippen LogP contribution is 2.26. The number of carbonyl (C=O) groups is 1. The van der Waals surface area contributed by atoms with Gasteiger partial charge in [0, 0.05) is 5.56 Å². The molecule has 0 aliphatic carbocycles. The van der Waals surface area contributed by atoms with Gasteiger partial charge in [0.15, 0.2) is 11.6 Å². The van der Waals surface area contributed by atoms with Gasteiger partial charge in [0.1, 0.15) is 9.88 Å². The van der Waals surface area contributed by atoms with E-state index in [1.807, 2.05) is 30.3 Å². The summed E-state index contributed by atoms with van der Waals surface area (Å²) in [6.07, 6.45) is 1.56. The number of hydrogen-bond donors (Lipinski definition) is 1. The van der Waals surface area contributed by atoms with Gasteiger partial charge in [0.05, 0.1) is 19.3 Å². The Hall–Kier alpha value is -2.73. The Morgan fingerprint density at radius 3 is 2.68 bits per heavy atom. The van der Waals surface area contributed by atoms with Crippen molar-refractivity contribution in [3.8, 4) is 16.3 Å². The monoisotopic (exact) mass is 356 g/mol. The Labute approximate surface area is 149 Å². The molecule has 1 amide bonds. The van der Waals surface area contributed by atoms with E-state index in [4.69, 9.17) is 4.74 Å². The summed E-state index contributed by atoms with van der Waals surface area (Å²) < 4.78 is 18.7. The molecular weight excluding hydrogens is 339 g/mol. The third kappa shape index (κ3) is 3.85. The smallest absolute Gasteiger partial charge is 0.263 e. The molecule has 0 radical (unpaired) electrons. The lowest BCUT2D eigenvalue weighted by Crippen LogP contribution is -2.26. The lowest BCUT2D eigenvalue weighted by atomic mass is 10.1. The molecule has 2 aromatic carbocycles. The van der Waals surface area contributed by atoms with E-state index >= 15 is 0 Å². The number of carbonyl (C=O) groups excluding carboxylic acids is 1. The van der Waals surface area contributed by atoms with Crippen molar-refractivity contribution in [1.82, 2.24) is 10.3 Å². The highest BCUT2D eigenvalue weighted by Gasteiger charge is 2.16. The number of aromatic nitrogens is 1. The van der Waals surface area contributed by atoms with Crippen LogP contribution in [-0.4, -0.2) is 18.0 Å². The minimum absolute atomic E-state index is 0.178. The molecule has 3 rings (SSSR count). The van der Waals surface area contributed by atoms with Gasteiger partial charge in [-0.25, -0.2) is 9.37 Å². The second-order valence-electron chi connectivity index (χ2n) is 5.48. The molecule has 0 aliphatic rings. The van der Waals surface area contributed by atoms with Crippen LogP contribution >= 0.6 is 11.3 Å². The molecule has 25 heavy (non-hydrogen) atoms. The van der Waals surface area contributed by atoms with E-state index in [0.717, 1.165) is 10.6 Å². The molecule has 0 saturated heterocycles. The molecule has 1 heterocycles. The summed E-state index contributed by atoms with van der Waals surface area (Å²) in [5.41, 5.74) is 1.64. The summed E-state index contributed by atoms with van der Waals surface area (Å²) in [6.45, 7) is 1.80. The number of halogens is 1. The number of nitrogens with one attached hydrogen (secondary N) is 1. The summed E-state index contributed by atoms with van der Waals surface area (Å²) in [5, 5.41) is 3.65. The summed E-state index contributed by atoms with van der Waals surface area (Å²) >= 11 is 1.32. The van der Waals surface area contributed by atoms with Crippen molar-refractivity contribution in [2.24, 2.45) is 0 Å². The minimum atomic E-state index is -0.453. The number of nitrogens with zero attached hydrogens (tertiary/aromatic N) is 1. The zero-order valence-electron chi connectivity index (χ0n) is 13.8. The van der Waals surface area contributed by atoms with Crippen LogP contribution in [0, 0.1) is 5.82 Å². The number of amides is 1. The summed E-state index contributed by atoms with van der Waals surface area (Å²) in [5.74, 6) is -0.508. The zero-order valence-corrected chi connectivity index (χ0v) is 14.6. The standard InChI is InChI=1S/C19H17FN2O2S/c1-12(14-8-9-16(24-2)15(20)10-14)22-18(23)17-11-21-19(25-17)13-6-4-3-5-7-13/h3-12H,1-2H3,(H,22,23). The van der Waals surface area contributed by atoms with Crippen LogP contribution in [0.1, 0.15) is 28.2 Å². The van der Waals surface area contributed by atoms with Gasteiger partial charge in [-0.15, -0.1) is 11.3 Å². The van der Waals surface area contributed by atoms with Crippen molar-refractivity contribution in [3.05, 3.63) is 71.0 Å². The van der Waals surface area contributed by atoms with Crippen LogP contribution in [0.15, 0.2) is 54.7 Å². The molecule has 0 aliphatic heterocycles. The van der Waals surface area contributed by atoms with Gasteiger partial charge in [-0.05, 0) is 24.6 Å². The topological polar surface area (TPSA) is 51.2 Å². The summed E-state index contributed by atoms with van der Waals surface area (Å²) in [7, 11) is 1.41. The molecule has 1 atom stereocenters. The predicted octanol–water partition coefficient (Wildman–Crippen LogP) is 4.45. The van der Waals surface area contributed by atoms with Crippen LogP contribution in [0.5, 0.6) is 5.75 Å². The van der Waals surface area contributed by atoms with Crippen molar-refractivity contribution in [3.63, 3.8) is 0 Å². The van der Waals surface area contributed by atoms with Crippen LogP contribution in [0.25, 0.3) is 10.6 Å². The molecule has 6 heteroatoms. The van der Waals surface area contributed by atoms with Gasteiger partial charge in [-0.1, -0.05) is 36.4 Å². The maximum atomic E-state index is 13.8. The van der Waals surface area contributed by atoms with Gasteiger partial charge in [0.25, 0.3) is 5.91 Å². The maximum absolute atomic E-state index is 13.8. The first-order valence-electron chi connectivity index (χ1n) is 7.74. The van der Waals surface area contributed by atoms with Gasteiger partial charge >= 0.3 is 0 Å². The first kappa shape index (κ1) is 17.1. The van der Waals surface area contributed by atoms with Crippen LogP contribution in [0.3, 0.4) is 0 Å². The van der Waals surface area contributed by atoms with Crippen molar-refractivity contribution in [1.29, 1.82) is 0 Å². The minimum Gasteiger partial charge on any atom is -0.494 e. The number of methoxy groups -OCH3 is 1. The number of ether oxygens (including phenoxy) is 1. The molecule has 0 fully saturated rings. The maximum Gasteiger partial charge on any atom is 0.263 e. The zero-order chi connectivity index (χ0) is 17.8. The van der Waals surface area contributed by atoms with Crippen molar-refractivity contribution >= 4 is 17.2 Å². The van der Waals surface area contributed by atoms with Gasteiger partial charge in [-0.2, -0.15) is 0 Å². The largest absolute Gasteiger partial charge is 0.494 e. The van der Waals surface area contributed by atoms with E-state index in [1.165, 1.54) is 24.5 Å². The molecule has 128 valence electrons. The average molecular weight is 356 g/mol. The molecule has 3 aromatic rings. The van der Waals surface area contributed by atoms with Crippen molar-refractivity contribution in [2.75, 3.05) is 7.11 Å². The molecule has 0 bridgehead atoms. The van der Waals surface area contributed by atoms with E-state index in [2.05, 4.69) is 10.3 Å². The molecule has 0 saturated carbocycles.